The zero-order chi connectivity index (χ0) is 26.2. The topological polar surface area (TPSA) is 61.9 Å². The van der Waals surface area contributed by atoms with Gasteiger partial charge in [0, 0.05) is 25.2 Å². The van der Waals surface area contributed by atoms with Crippen LogP contribution in [0.4, 0.5) is 0 Å². The highest BCUT2D eigenvalue weighted by molar-refractivity contribution is 5.97. The minimum absolute atomic E-state index is 0.0312. The standard InChI is InChI=1S/C31H41N3O3/c1-4-5-19-33(3)20-18-32-30(35)26-16-14-24(15-17-26)21-29-31(36)34(22-25-12-10-23(2)11-13-25)27-8-6-7-9-28(27)37-29/h10-17,21,27-28H,4-9,18-20,22H2,1-3H3,(H,32,35)/b29-21+. The first-order chi connectivity index (χ1) is 17.9. The van der Waals surface area contributed by atoms with Crippen molar-refractivity contribution >= 4 is 17.9 Å². The summed E-state index contributed by atoms with van der Waals surface area (Å²) in [6.45, 7) is 7.33. The molecule has 1 aliphatic heterocycles. The molecule has 2 fully saturated rings. The molecule has 0 spiro atoms. The Labute approximate surface area is 221 Å². The highest BCUT2D eigenvalue weighted by Crippen LogP contribution is 2.34. The summed E-state index contributed by atoms with van der Waals surface area (Å²) < 4.78 is 6.26. The smallest absolute Gasteiger partial charge is 0.289 e. The van der Waals surface area contributed by atoms with Gasteiger partial charge in [-0.2, -0.15) is 0 Å². The van der Waals surface area contributed by atoms with E-state index in [0.717, 1.165) is 49.9 Å². The van der Waals surface area contributed by atoms with Gasteiger partial charge in [-0.1, -0.05) is 61.7 Å². The molecule has 2 aliphatic rings. The molecule has 1 saturated carbocycles. The van der Waals surface area contributed by atoms with Gasteiger partial charge in [0.05, 0.1) is 6.04 Å². The van der Waals surface area contributed by atoms with Crippen LogP contribution in [-0.4, -0.2) is 60.4 Å². The molecule has 1 aliphatic carbocycles. The number of likely N-dealkylation sites (N-methyl/N-ethyl adjacent to an activating group) is 1. The van der Waals surface area contributed by atoms with E-state index in [4.69, 9.17) is 4.74 Å². The van der Waals surface area contributed by atoms with E-state index in [-0.39, 0.29) is 24.0 Å². The van der Waals surface area contributed by atoms with Gasteiger partial charge < -0.3 is 19.9 Å². The third-order valence-electron chi connectivity index (χ3n) is 7.43. The second kappa shape index (κ2) is 12.9. The Morgan fingerprint density at radius 3 is 2.54 bits per heavy atom. The van der Waals surface area contributed by atoms with Crippen LogP contribution in [0.15, 0.2) is 54.3 Å². The molecule has 2 aromatic carbocycles. The number of nitrogens with zero attached hydrogens (tertiary/aromatic N) is 2. The van der Waals surface area contributed by atoms with Crippen LogP contribution in [-0.2, 0) is 16.1 Å². The maximum atomic E-state index is 13.5. The number of morpholine rings is 1. The summed E-state index contributed by atoms with van der Waals surface area (Å²) in [7, 11) is 2.08. The number of benzene rings is 2. The minimum atomic E-state index is -0.0811. The summed E-state index contributed by atoms with van der Waals surface area (Å²) in [6, 6.07) is 15.9. The van der Waals surface area contributed by atoms with Gasteiger partial charge in [0.15, 0.2) is 5.76 Å². The third kappa shape index (κ3) is 7.22. The Balaban J connectivity index is 1.41. The number of fused-ring (bicyclic) bond motifs is 1. The molecule has 0 aromatic heterocycles. The lowest BCUT2D eigenvalue weighted by Gasteiger charge is -2.44. The fourth-order valence-electron chi connectivity index (χ4n) is 5.14. The van der Waals surface area contributed by atoms with Crippen LogP contribution >= 0.6 is 0 Å². The van der Waals surface area contributed by atoms with Crippen LogP contribution < -0.4 is 5.32 Å². The Morgan fingerprint density at radius 1 is 1.08 bits per heavy atom. The van der Waals surface area contributed by atoms with Gasteiger partial charge in [0.2, 0.25) is 0 Å². The van der Waals surface area contributed by atoms with E-state index < -0.39 is 0 Å². The van der Waals surface area contributed by atoms with Crippen molar-refractivity contribution in [2.45, 2.75) is 71.1 Å². The van der Waals surface area contributed by atoms with Crippen LogP contribution in [0, 0.1) is 6.92 Å². The normalized spacial score (nSPS) is 20.6. The first kappa shape index (κ1) is 26.9. The molecule has 1 heterocycles. The Morgan fingerprint density at radius 2 is 1.81 bits per heavy atom. The molecular formula is C31H41N3O3. The Hall–Kier alpha value is -3.12. The lowest BCUT2D eigenvalue weighted by Crippen LogP contribution is -2.54. The lowest BCUT2D eigenvalue weighted by atomic mass is 9.89. The maximum Gasteiger partial charge on any atom is 0.289 e. The fraction of sp³-hybridized carbons (Fsp3) is 0.484. The molecule has 2 atom stereocenters. The van der Waals surface area contributed by atoms with Crippen molar-refractivity contribution in [1.29, 1.82) is 0 Å². The number of rotatable bonds is 10. The number of carbonyl (C=O) groups excluding carboxylic acids is 2. The van der Waals surface area contributed by atoms with E-state index in [0.29, 0.717) is 24.4 Å². The molecule has 2 unspecified atom stereocenters. The number of hydrogen-bond acceptors (Lipinski definition) is 4. The van der Waals surface area contributed by atoms with Gasteiger partial charge >= 0.3 is 0 Å². The van der Waals surface area contributed by atoms with Crippen molar-refractivity contribution in [3.63, 3.8) is 0 Å². The number of hydrogen-bond donors (Lipinski definition) is 1. The lowest BCUT2D eigenvalue weighted by molar-refractivity contribution is -0.149. The summed E-state index contributed by atoms with van der Waals surface area (Å²) >= 11 is 0. The van der Waals surface area contributed by atoms with E-state index in [1.54, 1.807) is 0 Å². The minimum Gasteiger partial charge on any atom is -0.482 e. The van der Waals surface area contributed by atoms with Crippen molar-refractivity contribution in [2.24, 2.45) is 0 Å². The van der Waals surface area contributed by atoms with Gasteiger partial charge in [-0.3, -0.25) is 9.59 Å². The summed E-state index contributed by atoms with van der Waals surface area (Å²) in [5.41, 5.74) is 3.81. The predicted molar refractivity (Wildman–Crippen MR) is 148 cm³/mol. The van der Waals surface area contributed by atoms with Crippen LogP contribution in [0.2, 0.25) is 0 Å². The van der Waals surface area contributed by atoms with Crippen LogP contribution in [0.1, 0.15) is 72.5 Å². The molecule has 37 heavy (non-hydrogen) atoms. The average Bonchev–Trinajstić information content (AvgIpc) is 2.91. The van der Waals surface area contributed by atoms with Crippen molar-refractivity contribution in [1.82, 2.24) is 15.1 Å². The van der Waals surface area contributed by atoms with Crippen molar-refractivity contribution in [3.8, 4) is 0 Å². The fourth-order valence-corrected chi connectivity index (χ4v) is 5.14. The van der Waals surface area contributed by atoms with Gasteiger partial charge in [0.1, 0.15) is 6.10 Å². The third-order valence-corrected chi connectivity index (χ3v) is 7.43. The predicted octanol–water partition coefficient (Wildman–Crippen LogP) is 5.17. The molecule has 198 valence electrons. The first-order valence-corrected chi connectivity index (χ1v) is 13.8. The van der Waals surface area contributed by atoms with Gasteiger partial charge in [-0.15, -0.1) is 0 Å². The van der Waals surface area contributed by atoms with Crippen LogP contribution in [0.25, 0.3) is 6.08 Å². The molecule has 2 amide bonds. The molecule has 0 bridgehead atoms. The quantitative estimate of drug-likeness (QED) is 0.455. The average molecular weight is 504 g/mol. The second-order valence-electron chi connectivity index (χ2n) is 10.5. The van der Waals surface area contributed by atoms with Gasteiger partial charge in [0.25, 0.3) is 11.8 Å². The molecule has 6 heteroatoms. The van der Waals surface area contributed by atoms with Crippen LogP contribution in [0.3, 0.4) is 0 Å². The highest BCUT2D eigenvalue weighted by atomic mass is 16.5. The van der Waals surface area contributed by atoms with Crippen molar-refractivity contribution in [2.75, 3.05) is 26.7 Å². The molecule has 4 rings (SSSR count). The van der Waals surface area contributed by atoms with E-state index in [1.807, 2.05) is 35.2 Å². The number of unbranched alkanes of at least 4 members (excludes halogenated alkanes) is 1. The largest absolute Gasteiger partial charge is 0.482 e. The zero-order valence-corrected chi connectivity index (χ0v) is 22.5. The summed E-state index contributed by atoms with van der Waals surface area (Å²) in [5, 5.41) is 3.00. The van der Waals surface area contributed by atoms with Gasteiger partial charge in [-0.05, 0) is 75.5 Å². The number of amides is 2. The monoisotopic (exact) mass is 503 g/mol. The Bertz CT molecular complexity index is 1080. The molecule has 1 saturated heterocycles. The number of aryl methyl sites for hydroxylation is 1. The summed E-state index contributed by atoms with van der Waals surface area (Å²) in [6.07, 6.45) is 8.38. The first-order valence-electron chi connectivity index (χ1n) is 13.8. The second-order valence-corrected chi connectivity index (χ2v) is 10.5. The summed E-state index contributed by atoms with van der Waals surface area (Å²) in [5.74, 6) is 0.253. The maximum absolute atomic E-state index is 13.5. The zero-order valence-electron chi connectivity index (χ0n) is 22.5. The number of ether oxygens (including phenoxy) is 1. The van der Waals surface area contributed by atoms with E-state index in [9.17, 15) is 9.59 Å². The summed E-state index contributed by atoms with van der Waals surface area (Å²) in [4.78, 5) is 30.3. The van der Waals surface area contributed by atoms with E-state index in [1.165, 1.54) is 18.4 Å². The molecule has 0 radical (unpaired) electrons. The van der Waals surface area contributed by atoms with Crippen molar-refractivity contribution in [3.05, 3.63) is 76.5 Å². The van der Waals surface area contributed by atoms with Crippen molar-refractivity contribution < 1.29 is 14.3 Å². The molecular weight excluding hydrogens is 462 g/mol. The van der Waals surface area contributed by atoms with Crippen LogP contribution in [0.5, 0.6) is 0 Å². The highest BCUT2D eigenvalue weighted by Gasteiger charge is 2.41. The molecule has 2 aromatic rings. The van der Waals surface area contributed by atoms with E-state index >= 15 is 0 Å². The molecule has 1 N–H and O–H groups in total. The SMILES string of the molecule is CCCCN(C)CCNC(=O)c1ccc(/C=C2/OC3CCCCC3N(Cc3ccc(C)cc3)C2=O)cc1. The molecule has 6 nitrogen and oxygen atoms in total. The number of nitrogens with one attached hydrogen (secondary N) is 1. The van der Waals surface area contributed by atoms with E-state index in [2.05, 4.69) is 55.4 Å². The van der Waals surface area contributed by atoms with Gasteiger partial charge in [-0.25, -0.2) is 0 Å². The Kier molecular flexibility index (Phi) is 9.40. The number of carbonyl (C=O) groups is 2.